The van der Waals surface area contributed by atoms with E-state index in [0.29, 0.717) is 15.5 Å². The number of benzene rings is 1. The predicted octanol–water partition coefficient (Wildman–Crippen LogP) is 3.53. The quantitative estimate of drug-likeness (QED) is 0.507. The molecule has 2 rings (SSSR count). The SMILES string of the molecule is CCOC(=O)c1nc(N/N=C\c2ccccc2)sc1Br. The van der Waals surface area contributed by atoms with Gasteiger partial charge in [0, 0.05) is 0 Å². The maximum absolute atomic E-state index is 11.6. The summed E-state index contributed by atoms with van der Waals surface area (Å²) in [7, 11) is 0. The number of esters is 1. The molecule has 0 saturated heterocycles. The van der Waals surface area contributed by atoms with Gasteiger partial charge in [0.25, 0.3) is 0 Å². The number of carbonyl (C=O) groups is 1. The van der Waals surface area contributed by atoms with Crippen molar-refractivity contribution in [3.05, 3.63) is 45.4 Å². The molecule has 0 unspecified atom stereocenters. The van der Waals surface area contributed by atoms with E-state index < -0.39 is 5.97 Å². The molecule has 1 N–H and O–H groups in total. The van der Waals surface area contributed by atoms with Crippen molar-refractivity contribution in [2.24, 2.45) is 5.10 Å². The maximum atomic E-state index is 11.6. The van der Waals surface area contributed by atoms with Gasteiger partial charge in [0.15, 0.2) is 5.69 Å². The van der Waals surface area contributed by atoms with Gasteiger partial charge >= 0.3 is 5.97 Å². The van der Waals surface area contributed by atoms with E-state index in [1.54, 1.807) is 13.1 Å². The van der Waals surface area contributed by atoms with Gasteiger partial charge in [-0.2, -0.15) is 5.10 Å². The molecule has 0 spiro atoms. The van der Waals surface area contributed by atoms with E-state index >= 15 is 0 Å². The monoisotopic (exact) mass is 353 g/mol. The first-order chi connectivity index (χ1) is 9.70. The summed E-state index contributed by atoms with van der Waals surface area (Å²) < 4.78 is 5.52. The second-order valence-corrected chi connectivity index (χ2v) is 5.96. The van der Waals surface area contributed by atoms with Crippen molar-refractivity contribution < 1.29 is 9.53 Å². The largest absolute Gasteiger partial charge is 0.461 e. The number of anilines is 1. The van der Waals surface area contributed by atoms with Crippen molar-refractivity contribution in [2.45, 2.75) is 6.92 Å². The molecule has 1 aromatic heterocycles. The maximum Gasteiger partial charge on any atom is 0.359 e. The number of hydrogen-bond acceptors (Lipinski definition) is 6. The van der Waals surface area contributed by atoms with Crippen LogP contribution in [0.15, 0.2) is 39.2 Å². The first-order valence-corrected chi connectivity index (χ1v) is 7.49. The van der Waals surface area contributed by atoms with E-state index in [2.05, 4.69) is 31.4 Å². The van der Waals surface area contributed by atoms with Crippen molar-refractivity contribution in [3.8, 4) is 0 Å². The number of hydrogen-bond donors (Lipinski definition) is 1. The average molecular weight is 354 g/mol. The number of rotatable bonds is 5. The number of carbonyl (C=O) groups excluding carboxylic acids is 1. The lowest BCUT2D eigenvalue weighted by atomic mass is 10.2. The molecular formula is C13H12BrN3O2S. The molecule has 0 aliphatic carbocycles. The molecule has 0 aliphatic heterocycles. The third-order valence-electron chi connectivity index (χ3n) is 2.23. The standard InChI is InChI=1S/C13H12BrN3O2S/c1-2-19-12(18)10-11(14)20-13(16-10)17-15-8-9-6-4-3-5-7-9/h3-8H,2H2,1H3,(H,16,17)/b15-8-. The topological polar surface area (TPSA) is 63.6 Å². The van der Waals surface area contributed by atoms with Gasteiger partial charge in [0.05, 0.1) is 12.8 Å². The Morgan fingerprint density at radius 1 is 1.50 bits per heavy atom. The highest BCUT2D eigenvalue weighted by Gasteiger charge is 2.17. The Labute approximate surface area is 128 Å². The highest BCUT2D eigenvalue weighted by molar-refractivity contribution is 9.11. The molecule has 7 heteroatoms. The normalized spacial score (nSPS) is 10.7. The van der Waals surface area contributed by atoms with Crippen LogP contribution in [0.1, 0.15) is 23.0 Å². The first-order valence-electron chi connectivity index (χ1n) is 5.88. The fourth-order valence-electron chi connectivity index (χ4n) is 1.38. The summed E-state index contributed by atoms with van der Waals surface area (Å²) in [6.45, 7) is 2.07. The molecule has 1 heterocycles. The van der Waals surface area contributed by atoms with Gasteiger partial charge < -0.3 is 4.74 Å². The van der Waals surface area contributed by atoms with Crippen LogP contribution in [0.2, 0.25) is 0 Å². The lowest BCUT2D eigenvalue weighted by molar-refractivity contribution is 0.0519. The van der Waals surface area contributed by atoms with Crippen molar-refractivity contribution in [2.75, 3.05) is 12.0 Å². The van der Waals surface area contributed by atoms with Gasteiger partial charge in [-0.05, 0) is 28.4 Å². The molecule has 2 aromatic rings. The van der Waals surface area contributed by atoms with Gasteiger partial charge in [-0.3, -0.25) is 5.43 Å². The highest BCUT2D eigenvalue weighted by atomic mass is 79.9. The minimum Gasteiger partial charge on any atom is -0.461 e. The molecule has 20 heavy (non-hydrogen) atoms. The van der Waals surface area contributed by atoms with Gasteiger partial charge in [-0.1, -0.05) is 41.7 Å². The summed E-state index contributed by atoms with van der Waals surface area (Å²) in [5.74, 6) is -0.448. The number of hydrazone groups is 1. The Bertz CT molecular complexity index is 613. The highest BCUT2D eigenvalue weighted by Crippen LogP contribution is 2.28. The van der Waals surface area contributed by atoms with Crippen LogP contribution in [0, 0.1) is 0 Å². The Kier molecular flexibility index (Phi) is 5.25. The second kappa shape index (κ2) is 7.16. The van der Waals surface area contributed by atoms with E-state index in [1.807, 2.05) is 30.3 Å². The third kappa shape index (κ3) is 3.88. The number of nitrogens with zero attached hydrogens (tertiary/aromatic N) is 2. The minimum atomic E-state index is -0.448. The van der Waals surface area contributed by atoms with Crippen molar-refractivity contribution in [1.82, 2.24) is 4.98 Å². The molecule has 0 amide bonds. The van der Waals surface area contributed by atoms with E-state index in [4.69, 9.17) is 4.74 Å². The minimum absolute atomic E-state index is 0.259. The fourth-order valence-corrected chi connectivity index (χ4v) is 2.72. The molecule has 0 bridgehead atoms. The fraction of sp³-hybridized carbons (Fsp3) is 0.154. The summed E-state index contributed by atoms with van der Waals surface area (Å²) >= 11 is 4.57. The zero-order valence-electron chi connectivity index (χ0n) is 10.7. The van der Waals surface area contributed by atoms with Crippen LogP contribution in [-0.4, -0.2) is 23.8 Å². The van der Waals surface area contributed by atoms with Crippen LogP contribution in [0.5, 0.6) is 0 Å². The van der Waals surface area contributed by atoms with Crippen LogP contribution in [-0.2, 0) is 4.74 Å². The van der Waals surface area contributed by atoms with E-state index in [1.165, 1.54) is 11.3 Å². The smallest absolute Gasteiger partial charge is 0.359 e. The summed E-state index contributed by atoms with van der Waals surface area (Å²) in [6, 6.07) is 9.68. The molecule has 0 radical (unpaired) electrons. The Balaban J connectivity index is 2.02. The number of aromatic nitrogens is 1. The second-order valence-electron chi connectivity index (χ2n) is 3.64. The molecule has 0 aliphatic rings. The first kappa shape index (κ1) is 14.7. The lowest BCUT2D eigenvalue weighted by Gasteiger charge is -1.97. The molecule has 5 nitrogen and oxygen atoms in total. The molecule has 1 aromatic carbocycles. The predicted molar refractivity (Wildman–Crippen MR) is 83.4 cm³/mol. The zero-order valence-corrected chi connectivity index (χ0v) is 13.1. The van der Waals surface area contributed by atoms with Crippen LogP contribution in [0.25, 0.3) is 0 Å². The van der Waals surface area contributed by atoms with E-state index in [9.17, 15) is 4.79 Å². The van der Waals surface area contributed by atoms with E-state index in [-0.39, 0.29) is 5.69 Å². The number of halogens is 1. The molecule has 0 atom stereocenters. The number of nitrogens with one attached hydrogen (secondary N) is 1. The Morgan fingerprint density at radius 3 is 2.95 bits per heavy atom. The van der Waals surface area contributed by atoms with Gasteiger partial charge in [-0.25, -0.2) is 9.78 Å². The number of thiazole rings is 1. The molecule has 104 valence electrons. The third-order valence-corrected chi connectivity index (χ3v) is 3.84. The summed E-state index contributed by atoms with van der Waals surface area (Å²) in [4.78, 5) is 15.7. The summed E-state index contributed by atoms with van der Waals surface area (Å²) in [6.07, 6.45) is 1.68. The van der Waals surface area contributed by atoms with Crippen molar-refractivity contribution in [3.63, 3.8) is 0 Å². The van der Waals surface area contributed by atoms with Crippen molar-refractivity contribution >= 4 is 44.6 Å². The molecule has 0 saturated carbocycles. The van der Waals surface area contributed by atoms with E-state index in [0.717, 1.165) is 5.56 Å². The molecular weight excluding hydrogens is 342 g/mol. The van der Waals surface area contributed by atoms with Crippen LogP contribution in [0.3, 0.4) is 0 Å². The average Bonchev–Trinajstić information content (AvgIpc) is 2.81. The van der Waals surface area contributed by atoms with Crippen LogP contribution < -0.4 is 5.43 Å². The van der Waals surface area contributed by atoms with Crippen molar-refractivity contribution in [1.29, 1.82) is 0 Å². The van der Waals surface area contributed by atoms with Crippen LogP contribution >= 0.6 is 27.3 Å². The summed E-state index contributed by atoms with van der Waals surface area (Å²) in [5.41, 5.74) is 4.02. The number of ether oxygens (including phenoxy) is 1. The Hall–Kier alpha value is -1.73. The van der Waals surface area contributed by atoms with Gasteiger partial charge in [-0.15, -0.1) is 0 Å². The Morgan fingerprint density at radius 2 is 2.25 bits per heavy atom. The summed E-state index contributed by atoms with van der Waals surface area (Å²) in [5, 5.41) is 4.59. The lowest BCUT2D eigenvalue weighted by Crippen LogP contribution is -2.05. The zero-order chi connectivity index (χ0) is 14.4. The van der Waals surface area contributed by atoms with Crippen LogP contribution in [0.4, 0.5) is 5.13 Å². The van der Waals surface area contributed by atoms with Gasteiger partial charge in [0.1, 0.15) is 3.79 Å². The molecule has 0 fully saturated rings. The van der Waals surface area contributed by atoms with Gasteiger partial charge in [0.2, 0.25) is 5.13 Å².